The fourth-order valence-corrected chi connectivity index (χ4v) is 3.42. The minimum absolute atomic E-state index is 0.00405. The van der Waals surface area contributed by atoms with E-state index >= 15 is 0 Å². The van der Waals surface area contributed by atoms with Crippen LogP contribution in [0.2, 0.25) is 0 Å². The highest BCUT2D eigenvalue weighted by Gasteiger charge is 2.44. The zero-order valence-corrected chi connectivity index (χ0v) is 15.5. The highest BCUT2D eigenvalue weighted by molar-refractivity contribution is 7.87. The van der Waals surface area contributed by atoms with Crippen molar-refractivity contribution in [1.82, 2.24) is 19.5 Å². The first kappa shape index (κ1) is 19.5. The van der Waals surface area contributed by atoms with Gasteiger partial charge in [0, 0.05) is 0 Å². The second kappa shape index (κ2) is 7.53. The van der Waals surface area contributed by atoms with Gasteiger partial charge in [0.05, 0.1) is 6.33 Å². The first-order chi connectivity index (χ1) is 13.8. The number of rotatable bonds is 6. The maximum atomic E-state index is 11.1. The van der Waals surface area contributed by atoms with E-state index < -0.39 is 34.8 Å². The molecule has 0 spiro atoms. The molecule has 0 aliphatic carbocycles. The second-order valence-electron chi connectivity index (χ2n) is 6.29. The minimum atomic E-state index is -4.57. The first-order valence-corrected chi connectivity index (χ1v) is 9.90. The molecule has 13 heteroatoms. The van der Waals surface area contributed by atoms with Gasteiger partial charge in [-0.15, -0.1) is 0 Å². The molecule has 154 valence electrons. The van der Waals surface area contributed by atoms with Gasteiger partial charge in [-0.2, -0.15) is 8.42 Å². The van der Waals surface area contributed by atoms with Crippen LogP contribution in [-0.2, 0) is 15.0 Å². The summed E-state index contributed by atoms with van der Waals surface area (Å²) in [6.07, 6.45) is -2.11. The van der Waals surface area contributed by atoms with Gasteiger partial charge in [0.2, 0.25) is 0 Å². The molecular weight excluding hydrogens is 406 g/mol. The predicted molar refractivity (Wildman–Crippen MR) is 98.4 cm³/mol. The molecule has 3 aromatic rings. The lowest BCUT2D eigenvalue weighted by Gasteiger charge is -2.16. The van der Waals surface area contributed by atoms with Gasteiger partial charge in [-0.25, -0.2) is 19.7 Å². The van der Waals surface area contributed by atoms with Crippen LogP contribution in [0.4, 0.5) is 5.82 Å². The number of hydrogen-bond donors (Lipinski definition) is 4. The van der Waals surface area contributed by atoms with Crippen molar-refractivity contribution in [2.75, 3.05) is 11.3 Å². The number of hydrogen-bond acceptors (Lipinski definition) is 9. The lowest BCUT2D eigenvalue weighted by Crippen LogP contribution is -2.34. The average molecular weight is 423 g/mol. The molecule has 29 heavy (non-hydrogen) atoms. The number of fused-ring (bicyclic) bond motifs is 1. The molecule has 4 N–H and O–H groups in total. The Hall–Kier alpha value is -2.84. The number of nitrogens with zero attached hydrogens (tertiary/aromatic N) is 4. The van der Waals surface area contributed by atoms with Crippen LogP contribution in [0.25, 0.3) is 11.2 Å². The minimum Gasteiger partial charge on any atom is -0.491 e. The molecule has 3 heterocycles. The van der Waals surface area contributed by atoms with E-state index in [1.165, 1.54) is 10.9 Å². The van der Waals surface area contributed by atoms with Gasteiger partial charge >= 0.3 is 10.3 Å². The van der Waals surface area contributed by atoms with E-state index in [4.69, 9.17) is 14.0 Å². The molecule has 0 bridgehead atoms. The highest BCUT2D eigenvalue weighted by atomic mass is 32.2. The summed E-state index contributed by atoms with van der Waals surface area (Å²) in [4.78, 5) is 11.8. The molecule has 1 aliphatic rings. The van der Waals surface area contributed by atoms with Gasteiger partial charge in [0.25, 0.3) is 0 Å². The Kier molecular flexibility index (Phi) is 5.06. The quantitative estimate of drug-likeness (QED) is 0.387. The van der Waals surface area contributed by atoms with Gasteiger partial charge in [-0.1, -0.05) is 18.2 Å². The largest absolute Gasteiger partial charge is 0.491 e. The summed E-state index contributed by atoms with van der Waals surface area (Å²) in [5.41, 5.74) is 0.159. The second-order valence-corrected chi connectivity index (χ2v) is 7.45. The Morgan fingerprint density at radius 2 is 1.90 bits per heavy atom. The molecular formula is C16H17N5O7S. The van der Waals surface area contributed by atoms with Gasteiger partial charge in [-0.3, -0.25) is 9.12 Å². The van der Waals surface area contributed by atoms with Crippen molar-refractivity contribution in [3.63, 3.8) is 0 Å². The maximum Gasteiger partial charge on any atom is 0.358 e. The zero-order chi connectivity index (χ0) is 20.6. The molecule has 1 fully saturated rings. The van der Waals surface area contributed by atoms with Crippen LogP contribution in [0.15, 0.2) is 43.0 Å². The molecule has 1 saturated heterocycles. The fraction of sp³-hybridized carbons (Fsp3) is 0.312. The summed E-state index contributed by atoms with van der Waals surface area (Å²) in [6, 6.07) is 8.94. The molecule has 0 amide bonds. The molecule has 4 atom stereocenters. The molecule has 0 saturated carbocycles. The molecule has 0 unspecified atom stereocenters. The lowest BCUT2D eigenvalue weighted by molar-refractivity contribution is -0.0474. The number of anilines is 1. The van der Waals surface area contributed by atoms with Crippen LogP contribution in [-0.4, -0.2) is 67.6 Å². The van der Waals surface area contributed by atoms with Crippen LogP contribution in [0.3, 0.4) is 0 Å². The van der Waals surface area contributed by atoms with Crippen LogP contribution < -0.4 is 9.46 Å². The topological polar surface area (TPSA) is 169 Å². The van der Waals surface area contributed by atoms with Gasteiger partial charge < -0.3 is 19.7 Å². The SMILES string of the molecule is O=S(=O)(O)Nc1ncnc2c1ncn2[C@@H]1O[C@H](COc2ccccc2)[C@@H](O)[C@H]1O. The number of para-hydroxylation sites is 1. The third kappa shape index (κ3) is 3.99. The molecule has 1 aromatic carbocycles. The third-order valence-corrected chi connectivity index (χ3v) is 4.80. The molecule has 12 nitrogen and oxygen atoms in total. The van der Waals surface area contributed by atoms with Crippen molar-refractivity contribution in [2.24, 2.45) is 0 Å². The van der Waals surface area contributed by atoms with Crippen molar-refractivity contribution in [3.05, 3.63) is 43.0 Å². The summed E-state index contributed by atoms with van der Waals surface area (Å²) in [7, 11) is -4.57. The Balaban J connectivity index is 1.56. The summed E-state index contributed by atoms with van der Waals surface area (Å²) in [6.45, 7) is -0.00405. The van der Waals surface area contributed by atoms with E-state index in [9.17, 15) is 18.6 Å². The van der Waals surface area contributed by atoms with Crippen LogP contribution in [0.5, 0.6) is 5.75 Å². The smallest absolute Gasteiger partial charge is 0.358 e. The van der Waals surface area contributed by atoms with Crippen LogP contribution in [0, 0.1) is 0 Å². The van der Waals surface area contributed by atoms with Crippen molar-refractivity contribution in [1.29, 1.82) is 0 Å². The molecule has 2 aromatic heterocycles. The van der Waals surface area contributed by atoms with E-state index in [2.05, 4.69) is 15.0 Å². The number of aliphatic hydroxyl groups is 2. The number of imidazole rings is 1. The summed E-state index contributed by atoms with van der Waals surface area (Å²) < 4.78 is 45.6. The molecule has 0 radical (unpaired) electrons. The number of nitrogens with one attached hydrogen (secondary N) is 1. The summed E-state index contributed by atoms with van der Waals surface area (Å²) in [5.74, 6) is 0.344. The van der Waals surface area contributed by atoms with E-state index in [1.54, 1.807) is 24.3 Å². The van der Waals surface area contributed by atoms with Gasteiger partial charge in [-0.05, 0) is 12.1 Å². The normalized spacial score (nSPS) is 24.7. The Bertz CT molecular complexity index is 1110. The Morgan fingerprint density at radius 1 is 1.14 bits per heavy atom. The third-order valence-electron chi connectivity index (χ3n) is 4.35. The summed E-state index contributed by atoms with van der Waals surface area (Å²) in [5, 5.41) is 20.8. The average Bonchev–Trinajstić information content (AvgIpc) is 3.23. The van der Waals surface area contributed by atoms with Crippen LogP contribution in [0.1, 0.15) is 6.23 Å². The predicted octanol–water partition coefficient (Wildman–Crippen LogP) is -0.261. The lowest BCUT2D eigenvalue weighted by atomic mass is 10.1. The van der Waals surface area contributed by atoms with Gasteiger partial charge in [0.1, 0.15) is 37.0 Å². The number of aliphatic hydroxyl groups excluding tert-OH is 2. The molecule has 1 aliphatic heterocycles. The van der Waals surface area contributed by atoms with Crippen molar-refractivity contribution in [2.45, 2.75) is 24.5 Å². The fourth-order valence-electron chi connectivity index (χ4n) is 3.03. The van der Waals surface area contributed by atoms with Crippen molar-refractivity contribution < 1.29 is 32.7 Å². The summed E-state index contributed by atoms with van der Waals surface area (Å²) >= 11 is 0. The maximum absolute atomic E-state index is 11.1. The number of benzene rings is 1. The van der Waals surface area contributed by atoms with Crippen molar-refractivity contribution in [3.8, 4) is 5.75 Å². The number of ether oxygens (including phenoxy) is 2. The molecule has 4 rings (SSSR count). The number of aromatic nitrogens is 4. The van der Waals surface area contributed by atoms with Crippen molar-refractivity contribution >= 4 is 27.3 Å². The van der Waals surface area contributed by atoms with E-state index in [1.807, 2.05) is 10.8 Å². The Labute approximate surface area is 164 Å². The standard InChI is InChI=1S/C16H17N5O7S/c22-12-10(6-27-9-4-2-1-3-5-9)28-16(13(12)23)21-8-19-11-14(20-29(24,25)26)17-7-18-15(11)21/h1-5,7-8,10,12-13,16,22-23H,6H2,(H,17,18,20)(H,24,25,26)/t10-,12-,13-,16-/m1/s1. The zero-order valence-electron chi connectivity index (χ0n) is 14.7. The van der Waals surface area contributed by atoms with Crippen LogP contribution >= 0.6 is 0 Å². The van der Waals surface area contributed by atoms with E-state index in [-0.39, 0.29) is 23.6 Å². The Morgan fingerprint density at radius 3 is 2.62 bits per heavy atom. The highest BCUT2D eigenvalue weighted by Crippen LogP contribution is 2.32. The van der Waals surface area contributed by atoms with Gasteiger partial charge in [0.15, 0.2) is 23.2 Å². The van der Waals surface area contributed by atoms with E-state index in [0.717, 1.165) is 6.33 Å². The van der Waals surface area contributed by atoms with E-state index in [0.29, 0.717) is 5.75 Å². The first-order valence-electron chi connectivity index (χ1n) is 8.45. The monoisotopic (exact) mass is 423 g/mol.